The van der Waals surface area contributed by atoms with Crippen molar-refractivity contribution in [2.24, 2.45) is 5.92 Å². The Morgan fingerprint density at radius 3 is 2.74 bits per heavy atom. The van der Waals surface area contributed by atoms with Gasteiger partial charge in [0.05, 0.1) is 5.56 Å². The second-order valence-corrected chi connectivity index (χ2v) is 5.28. The molecule has 0 bridgehead atoms. The van der Waals surface area contributed by atoms with Crippen molar-refractivity contribution in [2.75, 3.05) is 18.4 Å². The Labute approximate surface area is 120 Å². The van der Waals surface area contributed by atoms with Crippen LogP contribution >= 0.6 is 11.6 Å². The van der Waals surface area contributed by atoms with E-state index >= 15 is 0 Å². The maximum atomic E-state index is 12.2. The molecular formula is C15H23ClN2O. The maximum Gasteiger partial charge on any atom is 0.253 e. The molecule has 1 atom stereocenters. The van der Waals surface area contributed by atoms with Crippen LogP contribution in [0.4, 0.5) is 5.69 Å². The first-order chi connectivity index (χ1) is 9.08. The van der Waals surface area contributed by atoms with Gasteiger partial charge in [0.1, 0.15) is 0 Å². The van der Waals surface area contributed by atoms with Crippen molar-refractivity contribution >= 4 is 23.2 Å². The first kappa shape index (κ1) is 15.8. The third-order valence-electron chi connectivity index (χ3n) is 3.10. The van der Waals surface area contributed by atoms with Crippen molar-refractivity contribution < 1.29 is 4.79 Å². The summed E-state index contributed by atoms with van der Waals surface area (Å²) in [6.45, 7) is 7.85. The van der Waals surface area contributed by atoms with Gasteiger partial charge in [-0.15, -0.1) is 0 Å². The molecular weight excluding hydrogens is 260 g/mol. The molecule has 1 aromatic rings. The Morgan fingerprint density at radius 1 is 1.37 bits per heavy atom. The molecule has 1 amide bonds. The number of carbonyl (C=O) groups is 1. The number of benzene rings is 1. The van der Waals surface area contributed by atoms with E-state index in [0.29, 0.717) is 23.0 Å². The molecule has 0 aliphatic rings. The van der Waals surface area contributed by atoms with Crippen LogP contribution < -0.4 is 10.6 Å². The second kappa shape index (κ2) is 8.05. The fraction of sp³-hybridized carbons (Fsp3) is 0.533. The zero-order chi connectivity index (χ0) is 14.3. The molecule has 0 aliphatic heterocycles. The maximum absolute atomic E-state index is 12.2. The van der Waals surface area contributed by atoms with Crippen LogP contribution in [0.15, 0.2) is 18.2 Å². The smallest absolute Gasteiger partial charge is 0.253 e. The number of halogens is 1. The number of hydrogen-bond acceptors (Lipinski definition) is 2. The lowest BCUT2D eigenvalue weighted by molar-refractivity contribution is 0.0948. The van der Waals surface area contributed by atoms with E-state index in [1.165, 1.54) is 0 Å². The highest BCUT2D eigenvalue weighted by molar-refractivity contribution is 6.31. The van der Waals surface area contributed by atoms with Crippen molar-refractivity contribution in [1.29, 1.82) is 0 Å². The summed E-state index contributed by atoms with van der Waals surface area (Å²) in [6, 6.07) is 5.37. The van der Waals surface area contributed by atoms with Gasteiger partial charge in [-0.25, -0.2) is 0 Å². The van der Waals surface area contributed by atoms with Gasteiger partial charge in [-0.3, -0.25) is 4.79 Å². The molecule has 0 aliphatic carbocycles. The Morgan fingerprint density at radius 2 is 2.11 bits per heavy atom. The SMILES string of the molecule is CCCNc1ccc(Cl)cc1C(=O)NCC(C)CC. The Hall–Kier alpha value is -1.22. The highest BCUT2D eigenvalue weighted by atomic mass is 35.5. The normalized spacial score (nSPS) is 12.0. The van der Waals surface area contributed by atoms with Crippen LogP contribution in [0.5, 0.6) is 0 Å². The molecule has 0 saturated carbocycles. The predicted octanol–water partition coefficient (Wildman–Crippen LogP) is 3.94. The summed E-state index contributed by atoms with van der Waals surface area (Å²) in [7, 11) is 0. The lowest BCUT2D eigenvalue weighted by Crippen LogP contribution is -2.28. The highest BCUT2D eigenvalue weighted by Crippen LogP contribution is 2.20. The van der Waals surface area contributed by atoms with Crippen molar-refractivity contribution in [3.63, 3.8) is 0 Å². The van der Waals surface area contributed by atoms with Crippen molar-refractivity contribution in [1.82, 2.24) is 5.32 Å². The van der Waals surface area contributed by atoms with Gasteiger partial charge in [0, 0.05) is 23.8 Å². The zero-order valence-corrected chi connectivity index (χ0v) is 12.7. The van der Waals surface area contributed by atoms with E-state index in [1.807, 2.05) is 6.07 Å². The third-order valence-corrected chi connectivity index (χ3v) is 3.33. The molecule has 106 valence electrons. The first-order valence-corrected chi connectivity index (χ1v) is 7.27. The minimum absolute atomic E-state index is 0.0681. The minimum atomic E-state index is -0.0681. The molecule has 0 fully saturated rings. The number of carbonyl (C=O) groups excluding carboxylic acids is 1. The zero-order valence-electron chi connectivity index (χ0n) is 11.9. The number of amides is 1. The van der Waals surface area contributed by atoms with Crippen LogP contribution in [-0.4, -0.2) is 19.0 Å². The summed E-state index contributed by atoms with van der Waals surface area (Å²) in [6.07, 6.45) is 2.06. The van der Waals surface area contributed by atoms with E-state index in [0.717, 1.165) is 25.1 Å². The number of rotatable bonds is 7. The molecule has 0 spiro atoms. The van der Waals surface area contributed by atoms with Crippen LogP contribution in [0, 0.1) is 5.92 Å². The molecule has 0 heterocycles. The molecule has 3 nitrogen and oxygen atoms in total. The standard InChI is InChI=1S/C15H23ClN2O/c1-4-8-17-14-7-6-12(16)9-13(14)15(19)18-10-11(3)5-2/h6-7,9,11,17H,4-5,8,10H2,1-3H3,(H,18,19). The molecule has 0 saturated heterocycles. The van der Waals surface area contributed by atoms with Crippen LogP contribution in [0.1, 0.15) is 44.0 Å². The monoisotopic (exact) mass is 282 g/mol. The van der Waals surface area contributed by atoms with Gasteiger partial charge < -0.3 is 10.6 Å². The van der Waals surface area contributed by atoms with Gasteiger partial charge in [0.15, 0.2) is 0 Å². The quantitative estimate of drug-likeness (QED) is 0.795. The molecule has 19 heavy (non-hydrogen) atoms. The van der Waals surface area contributed by atoms with E-state index in [9.17, 15) is 4.79 Å². The lowest BCUT2D eigenvalue weighted by atomic mass is 10.1. The Bertz CT molecular complexity index is 421. The van der Waals surface area contributed by atoms with Crippen molar-refractivity contribution in [3.8, 4) is 0 Å². The Balaban J connectivity index is 2.78. The molecule has 1 rings (SSSR count). The highest BCUT2D eigenvalue weighted by Gasteiger charge is 2.12. The molecule has 1 unspecified atom stereocenters. The second-order valence-electron chi connectivity index (χ2n) is 4.84. The summed E-state index contributed by atoms with van der Waals surface area (Å²) in [4.78, 5) is 12.2. The van der Waals surface area contributed by atoms with E-state index < -0.39 is 0 Å². The number of anilines is 1. The molecule has 4 heteroatoms. The molecule has 1 aromatic carbocycles. The number of nitrogens with one attached hydrogen (secondary N) is 2. The third kappa shape index (κ3) is 5.11. The molecule has 2 N–H and O–H groups in total. The van der Waals surface area contributed by atoms with Crippen LogP contribution in [0.2, 0.25) is 5.02 Å². The molecule has 0 aromatic heterocycles. The van der Waals surface area contributed by atoms with Gasteiger partial charge in [0.2, 0.25) is 0 Å². The van der Waals surface area contributed by atoms with Crippen LogP contribution in [0.25, 0.3) is 0 Å². The summed E-state index contributed by atoms with van der Waals surface area (Å²) in [5.74, 6) is 0.414. The summed E-state index contributed by atoms with van der Waals surface area (Å²) < 4.78 is 0. The average Bonchev–Trinajstić information content (AvgIpc) is 2.42. The van der Waals surface area contributed by atoms with Gasteiger partial charge in [-0.05, 0) is 30.5 Å². The lowest BCUT2D eigenvalue weighted by Gasteiger charge is -2.14. The molecule has 0 radical (unpaired) electrons. The van der Waals surface area contributed by atoms with Gasteiger partial charge in [0.25, 0.3) is 5.91 Å². The minimum Gasteiger partial charge on any atom is -0.384 e. The van der Waals surface area contributed by atoms with E-state index in [2.05, 4.69) is 31.4 Å². The van der Waals surface area contributed by atoms with Gasteiger partial charge >= 0.3 is 0 Å². The van der Waals surface area contributed by atoms with Crippen LogP contribution in [-0.2, 0) is 0 Å². The fourth-order valence-electron chi connectivity index (χ4n) is 1.62. The predicted molar refractivity (Wildman–Crippen MR) is 82.0 cm³/mol. The number of hydrogen-bond donors (Lipinski definition) is 2. The van der Waals surface area contributed by atoms with Gasteiger partial charge in [-0.2, -0.15) is 0 Å². The van der Waals surface area contributed by atoms with E-state index in [1.54, 1.807) is 12.1 Å². The van der Waals surface area contributed by atoms with Crippen molar-refractivity contribution in [3.05, 3.63) is 28.8 Å². The Kier molecular flexibility index (Phi) is 6.71. The van der Waals surface area contributed by atoms with Crippen molar-refractivity contribution in [2.45, 2.75) is 33.6 Å². The van der Waals surface area contributed by atoms with Crippen LogP contribution in [0.3, 0.4) is 0 Å². The van der Waals surface area contributed by atoms with E-state index in [4.69, 9.17) is 11.6 Å². The summed E-state index contributed by atoms with van der Waals surface area (Å²) >= 11 is 5.98. The summed E-state index contributed by atoms with van der Waals surface area (Å²) in [5, 5.41) is 6.79. The van der Waals surface area contributed by atoms with E-state index in [-0.39, 0.29) is 5.91 Å². The average molecular weight is 283 g/mol. The topological polar surface area (TPSA) is 41.1 Å². The largest absolute Gasteiger partial charge is 0.384 e. The first-order valence-electron chi connectivity index (χ1n) is 6.90. The fourth-order valence-corrected chi connectivity index (χ4v) is 1.80. The summed E-state index contributed by atoms with van der Waals surface area (Å²) in [5.41, 5.74) is 1.46. The van der Waals surface area contributed by atoms with Gasteiger partial charge in [-0.1, -0.05) is 38.8 Å².